The molecule has 1 heterocycles. The van der Waals surface area contributed by atoms with Crippen molar-refractivity contribution < 1.29 is 9.53 Å². The molecule has 0 saturated heterocycles. The van der Waals surface area contributed by atoms with Crippen LogP contribution in [0.5, 0.6) is 5.75 Å². The van der Waals surface area contributed by atoms with Gasteiger partial charge in [0.1, 0.15) is 24.7 Å². The molecule has 0 saturated carbocycles. The summed E-state index contributed by atoms with van der Waals surface area (Å²) in [5.41, 5.74) is 4.09. The van der Waals surface area contributed by atoms with Gasteiger partial charge in [0.05, 0.1) is 11.0 Å². The van der Waals surface area contributed by atoms with Crippen LogP contribution in [-0.4, -0.2) is 33.4 Å². The first-order valence-corrected chi connectivity index (χ1v) is 11.2. The summed E-state index contributed by atoms with van der Waals surface area (Å²) < 4.78 is 8.15. The molecule has 166 valence electrons. The lowest BCUT2D eigenvalue weighted by Gasteiger charge is -2.27. The largest absolute Gasteiger partial charge is 0.485 e. The van der Waals surface area contributed by atoms with Gasteiger partial charge in [0.25, 0.3) is 0 Å². The minimum Gasteiger partial charge on any atom is -0.485 e. The highest BCUT2D eigenvalue weighted by molar-refractivity contribution is 5.81. The molecule has 0 aliphatic heterocycles. The Labute approximate surface area is 186 Å². The van der Waals surface area contributed by atoms with E-state index in [0.717, 1.165) is 46.8 Å². The number of ether oxygens (including phenoxy) is 1. The van der Waals surface area contributed by atoms with Crippen molar-refractivity contribution in [1.82, 2.24) is 14.5 Å². The number of rotatable bonds is 9. The van der Waals surface area contributed by atoms with Gasteiger partial charge in [-0.2, -0.15) is 0 Å². The molecule has 0 radical (unpaired) electrons. The predicted octanol–water partition coefficient (Wildman–Crippen LogP) is 5.37. The van der Waals surface area contributed by atoms with Crippen LogP contribution in [-0.2, 0) is 17.9 Å². The molecule has 3 aromatic rings. The van der Waals surface area contributed by atoms with Gasteiger partial charge in [-0.25, -0.2) is 4.98 Å². The van der Waals surface area contributed by atoms with Crippen LogP contribution >= 0.6 is 0 Å². The summed E-state index contributed by atoms with van der Waals surface area (Å²) in [4.78, 5) is 20.1. The summed E-state index contributed by atoms with van der Waals surface area (Å²) in [6.07, 6.45) is 0. The van der Waals surface area contributed by atoms with Crippen LogP contribution in [0.1, 0.15) is 44.6 Å². The zero-order chi connectivity index (χ0) is 22.5. The molecule has 1 amide bonds. The molecule has 2 aromatic carbocycles. The third-order valence-corrected chi connectivity index (χ3v) is 5.25. The van der Waals surface area contributed by atoms with Crippen LogP contribution in [0.2, 0.25) is 0 Å². The number of amides is 1. The fraction of sp³-hybridized carbons (Fsp3) is 0.462. The summed E-state index contributed by atoms with van der Waals surface area (Å²) in [5.74, 6) is 2.60. The highest BCUT2D eigenvalue weighted by Gasteiger charge is 2.20. The SMILES string of the molecule is Cc1ccc(C)c(OCc2nc3ccccc3n2CC(=O)N(CC(C)C)CC(C)C)c1. The third-order valence-electron chi connectivity index (χ3n) is 5.25. The molecular formula is C26H35N3O2. The van der Waals surface area contributed by atoms with E-state index in [9.17, 15) is 4.79 Å². The lowest BCUT2D eigenvalue weighted by atomic mass is 10.1. The number of benzene rings is 2. The number of carbonyl (C=O) groups is 1. The molecule has 0 fully saturated rings. The van der Waals surface area contributed by atoms with Gasteiger partial charge in [-0.1, -0.05) is 52.0 Å². The predicted molar refractivity (Wildman–Crippen MR) is 126 cm³/mol. The number of aromatic nitrogens is 2. The zero-order valence-corrected chi connectivity index (χ0v) is 19.7. The number of para-hydroxylation sites is 2. The molecule has 0 aliphatic carbocycles. The van der Waals surface area contributed by atoms with Gasteiger partial charge < -0.3 is 14.2 Å². The molecule has 0 spiro atoms. The minimum atomic E-state index is 0.124. The van der Waals surface area contributed by atoms with Gasteiger partial charge in [0.2, 0.25) is 5.91 Å². The fourth-order valence-electron chi connectivity index (χ4n) is 3.81. The van der Waals surface area contributed by atoms with Crippen LogP contribution < -0.4 is 4.74 Å². The minimum absolute atomic E-state index is 0.124. The monoisotopic (exact) mass is 421 g/mol. The molecule has 0 atom stereocenters. The molecule has 0 N–H and O–H groups in total. The first-order valence-electron chi connectivity index (χ1n) is 11.2. The van der Waals surface area contributed by atoms with E-state index in [1.165, 1.54) is 0 Å². The molecule has 0 aliphatic rings. The molecule has 3 rings (SSSR count). The van der Waals surface area contributed by atoms with Gasteiger partial charge in [0, 0.05) is 13.1 Å². The second-order valence-electron chi connectivity index (χ2n) is 9.25. The summed E-state index contributed by atoms with van der Waals surface area (Å²) in [7, 11) is 0. The molecule has 1 aromatic heterocycles. The van der Waals surface area contributed by atoms with Crippen LogP contribution in [0.4, 0.5) is 0 Å². The topological polar surface area (TPSA) is 47.4 Å². The lowest BCUT2D eigenvalue weighted by Crippen LogP contribution is -2.39. The van der Waals surface area contributed by atoms with Crippen molar-refractivity contribution in [1.29, 1.82) is 0 Å². The number of hydrogen-bond donors (Lipinski definition) is 0. The number of carbonyl (C=O) groups excluding carboxylic acids is 1. The van der Waals surface area contributed by atoms with E-state index in [2.05, 4.69) is 46.8 Å². The molecular weight excluding hydrogens is 386 g/mol. The van der Waals surface area contributed by atoms with E-state index < -0.39 is 0 Å². The van der Waals surface area contributed by atoms with Crippen molar-refractivity contribution in [3.8, 4) is 5.75 Å². The molecule has 31 heavy (non-hydrogen) atoms. The molecule has 0 unspecified atom stereocenters. The Morgan fingerprint density at radius 1 is 1.03 bits per heavy atom. The Bertz CT molecular complexity index is 1030. The average Bonchev–Trinajstić information content (AvgIpc) is 3.05. The van der Waals surface area contributed by atoms with Crippen LogP contribution in [0.15, 0.2) is 42.5 Å². The Morgan fingerprint density at radius 3 is 2.39 bits per heavy atom. The van der Waals surface area contributed by atoms with Crippen LogP contribution in [0.3, 0.4) is 0 Å². The highest BCUT2D eigenvalue weighted by atomic mass is 16.5. The quantitative estimate of drug-likeness (QED) is 0.466. The van der Waals surface area contributed by atoms with Gasteiger partial charge in [-0.15, -0.1) is 0 Å². The van der Waals surface area contributed by atoms with Crippen molar-refractivity contribution in [2.45, 2.75) is 54.7 Å². The second-order valence-corrected chi connectivity index (χ2v) is 9.25. The van der Waals surface area contributed by atoms with E-state index in [4.69, 9.17) is 9.72 Å². The maximum atomic E-state index is 13.3. The lowest BCUT2D eigenvalue weighted by molar-refractivity contribution is -0.132. The summed E-state index contributed by atoms with van der Waals surface area (Å²) >= 11 is 0. The van der Waals surface area contributed by atoms with E-state index in [-0.39, 0.29) is 12.5 Å². The number of nitrogens with zero attached hydrogens (tertiary/aromatic N) is 3. The third kappa shape index (κ3) is 5.87. The first-order chi connectivity index (χ1) is 14.7. The van der Waals surface area contributed by atoms with Gasteiger partial charge >= 0.3 is 0 Å². The summed E-state index contributed by atoms with van der Waals surface area (Å²) in [6, 6.07) is 14.1. The number of imidazole rings is 1. The van der Waals surface area contributed by atoms with Crippen LogP contribution in [0, 0.1) is 25.7 Å². The molecule has 5 heteroatoms. The Kier molecular flexibility index (Phi) is 7.37. The Morgan fingerprint density at radius 2 is 1.71 bits per heavy atom. The normalized spacial score (nSPS) is 11.5. The number of hydrogen-bond acceptors (Lipinski definition) is 3. The summed E-state index contributed by atoms with van der Waals surface area (Å²) in [5, 5.41) is 0. The fourth-order valence-corrected chi connectivity index (χ4v) is 3.81. The standard InChI is InChI=1S/C26H35N3O2/c1-18(2)14-28(15-19(3)4)26(30)16-29-23-10-8-7-9-22(23)27-25(29)17-31-24-13-20(5)11-12-21(24)6/h7-13,18-19H,14-17H2,1-6H3. The summed E-state index contributed by atoms with van der Waals surface area (Å²) in [6.45, 7) is 14.8. The van der Waals surface area contributed by atoms with Crippen molar-refractivity contribution in [3.05, 3.63) is 59.4 Å². The zero-order valence-electron chi connectivity index (χ0n) is 19.7. The highest BCUT2D eigenvalue weighted by Crippen LogP contribution is 2.22. The van der Waals surface area contributed by atoms with Crippen molar-refractivity contribution in [2.75, 3.05) is 13.1 Å². The number of aryl methyl sites for hydroxylation is 2. The van der Waals surface area contributed by atoms with Crippen molar-refractivity contribution >= 4 is 16.9 Å². The van der Waals surface area contributed by atoms with Gasteiger partial charge in [-0.3, -0.25) is 4.79 Å². The smallest absolute Gasteiger partial charge is 0.242 e. The second kappa shape index (κ2) is 9.99. The van der Waals surface area contributed by atoms with Crippen molar-refractivity contribution in [3.63, 3.8) is 0 Å². The maximum Gasteiger partial charge on any atom is 0.242 e. The number of fused-ring (bicyclic) bond motifs is 1. The van der Waals surface area contributed by atoms with E-state index >= 15 is 0 Å². The molecule has 0 bridgehead atoms. The average molecular weight is 422 g/mol. The van der Waals surface area contributed by atoms with E-state index in [1.54, 1.807) is 0 Å². The van der Waals surface area contributed by atoms with Crippen molar-refractivity contribution in [2.24, 2.45) is 11.8 Å². The Balaban J connectivity index is 1.88. The maximum absolute atomic E-state index is 13.3. The van der Waals surface area contributed by atoms with Crippen LogP contribution in [0.25, 0.3) is 11.0 Å². The van der Waals surface area contributed by atoms with E-state index in [0.29, 0.717) is 18.4 Å². The molecule has 5 nitrogen and oxygen atoms in total. The Hall–Kier alpha value is -2.82. The first kappa shape index (κ1) is 22.9. The van der Waals surface area contributed by atoms with Gasteiger partial charge in [0.15, 0.2) is 0 Å². The van der Waals surface area contributed by atoms with Gasteiger partial charge in [-0.05, 0) is 55.0 Å². The van der Waals surface area contributed by atoms with E-state index in [1.807, 2.05) is 46.7 Å².